The van der Waals surface area contributed by atoms with Crippen LogP contribution in [0.5, 0.6) is 11.5 Å². The van der Waals surface area contributed by atoms with E-state index in [0.29, 0.717) is 49.0 Å². The lowest BCUT2D eigenvalue weighted by Gasteiger charge is -2.18. The topological polar surface area (TPSA) is 80.9 Å². The van der Waals surface area contributed by atoms with E-state index in [1.165, 1.54) is 6.26 Å². The van der Waals surface area contributed by atoms with Gasteiger partial charge in [-0.1, -0.05) is 0 Å². The highest BCUT2D eigenvalue weighted by atomic mass is 16.6. The normalized spacial score (nSPS) is 14.4. The first-order chi connectivity index (χ1) is 10.7. The molecular weight excluding hydrogens is 286 g/mol. The van der Waals surface area contributed by atoms with Gasteiger partial charge in [-0.15, -0.1) is 0 Å². The Morgan fingerprint density at radius 3 is 2.82 bits per heavy atom. The van der Waals surface area contributed by atoms with E-state index in [1.54, 1.807) is 30.3 Å². The number of aliphatic hydroxyl groups excluding tert-OH is 1. The zero-order valence-corrected chi connectivity index (χ0v) is 12.0. The maximum absolute atomic E-state index is 12.1. The molecule has 0 fully saturated rings. The predicted octanol–water partition coefficient (Wildman–Crippen LogP) is 1.90. The number of furan rings is 1. The van der Waals surface area contributed by atoms with Gasteiger partial charge in [0.2, 0.25) is 0 Å². The number of fused-ring (bicyclic) bond motifs is 1. The van der Waals surface area contributed by atoms with Gasteiger partial charge in [0.25, 0.3) is 5.91 Å². The van der Waals surface area contributed by atoms with Crippen molar-refractivity contribution >= 4 is 5.91 Å². The molecule has 0 saturated heterocycles. The number of benzene rings is 1. The third-order valence-corrected chi connectivity index (χ3v) is 3.38. The number of rotatable bonds is 5. The van der Waals surface area contributed by atoms with E-state index < -0.39 is 6.10 Å². The highest BCUT2D eigenvalue weighted by Gasteiger charge is 2.15. The minimum absolute atomic E-state index is 0.219. The van der Waals surface area contributed by atoms with Crippen molar-refractivity contribution in [3.63, 3.8) is 0 Å². The van der Waals surface area contributed by atoms with E-state index in [0.717, 1.165) is 0 Å². The van der Waals surface area contributed by atoms with Crippen LogP contribution in [0.25, 0.3) is 0 Å². The van der Waals surface area contributed by atoms with Crippen molar-refractivity contribution in [2.24, 2.45) is 0 Å². The fraction of sp³-hybridized carbons (Fsp3) is 0.312. The van der Waals surface area contributed by atoms with E-state index in [2.05, 4.69) is 5.32 Å². The SMILES string of the molecule is O=C(NCCC(O)c1ccco1)c1ccc2c(c1)OCCO2. The van der Waals surface area contributed by atoms with Crippen LogP contribution in [-0.2, 0) is 0 Å². The Bertz CT molecular complexity index is 638. The molecule has 6 heteroatoms. The van der Waals surface area contributed by atoms with Crippen LogP contribution in [-0.4, -0.2) is 30.8 Å². The van der Waals surface area contributed by atoms with Crippen LogP contribution < -0.4 is 14.8 Å². The smallest absolute Gasteiger partial charge is 0.251 e. The van der Waals surface area contributed by atoms with Gasteiger partial charge in [-0.25, -0.2) is 0 Å². The van der Waals surface area contributed by atoms with Gasteiger partial charge in [-0.05, 0) is 36.8 Å². The summed E-state index contributed by atoms with van der Waals surface area (Å²) in [7, 11) is 0. The second-order valence-electron chi connectivity index (χ2n) is 4.93. The summed E-state index contributed by atoms with van der Waals surface area (Å²) in [6.07, 6.45) is 1.16. The highest BCUT2D eigenvalue weighted by Crippen LogP contribution is 2.30. The van der Waals surface area contributed by atoms with E-state index in [1.807, 2.05) is 0 Å². The van der Waals surface area contributed by atoms with Crippen LogP contribution in [0.4, 0.5) is 0 Å². The number of nitrogens with one attached hydrogen (secondary N) is 1. The van der Waals surface area contributed by atoms with Crippen LogP contribution in [0.15, 0.2) is 41.0 Å². The van der Waals surface area contributed by atoms with Gasteiger partial charge in [0.15, 0.2) is 11.5 Å². The lowest BCUT2D eigenvalue weighted by atomic mass is 10.1. The number of hydrogen-bond acceptors (Lipinski definition) is 5. The number of aliphatic hydroxyl groups is 1. The first-order valence-electron chi connectivity index (χ1n) is 7.13. The minimum atomic E-state index is -0.726. The lowest BCUT2D eigenvalue weighted by Crippen LogP contribution is -2.26. The van der Waals surface area contributed by atoms with Gasteiger partial charge in [-0.2, -0.15) is 0 Å². The van der Waals surface area contributed by atoms with Gasteiger partial charge in [0.1, 0.15) is 25.1 Å². The van der Waals surface area contributed by atoms with Crippen LogP contribution in [0.3, 0.4) is 0 Å². The average Bonchev–Trinajstić information content (AvgIpc) is 3.08. The zero-order chi connectivity index (χ0) is 15.4. The third-order valence-electron chi connectivity index (χ3n) is 3.38. The van der Waals surface area contributed by atoms with Gasteiger partial charge in [0, 0.05) is 12.1 Å². The van der Waals surface area contributed by atoms with E-state index >= 15 is 0 Å². The maximum atomic E-state index is 12.1. The van der Waals surface area contributed by atoms with Crippen LogP contribution in [0, 0.1) is 0 Å². The van der Waals surface area contributed by atoms with Crippen LogP contribution in [0.1, 0.15) is 28.6 Å². The molecule has 1 atom stereocenters. The molecule has 0 bridgehead atoms. The van der Waals surface area contributed by atoms with Gasteiger partial charge < -0.3 is 24.3 Å². The summed E-state index contributed by atoms with van der Waals surface area (Å²) in [6.45, 7) is 1.34. The fourth-order valence-electron chi connectivity index (χ4n) is 2.23. The van der Waals surface area contributed by atoms with Crippen molar-refractivity contribution in [1.82, 2.24) is 5.32 Å². The molecular formula is C16H17NO5. The summed E-state index contributed by atoms with van der Waals surface area (Å²) < 4.78 is 16.0. The Balaban J connectivity index is 1.53. The molecule has 22 heavy (non-hydrogen) atoms. The molecule has 3 rings (SSSR count). The molecule has 1 amide bonds. The number of ether oxygens (including phenoxy) is 2. The standard InChI is InChI=1S/C16H17NO5/c18-12(13-2-1-7-20-13)5-6-17-16(19)11-3-4-14-15(10-11)22-9-8-21-14/h1-4,7,10,12,18H,5-6,8-9H2,(H,17,19). The number of amides is 1. The van der Waals surface area contributed by atoms with Crippen LogP contribution in [0.2, 0.25) is 0 Å². The molecule has 0 aliphatic carbocycles. The van der Waals surface area contributed by atoms with E-state index in [-0.39, 0.29) is 5.91 Å². The van der Waals surface area contributed by atoms with E-state index in [9.17, 15) is 9.90 Å². The van der Waals surface area contributed by atoms with Crippen molar-refractivity contribution in [2.45, 2.75) is 12.5 Å². The predicted molar refractivity (Wildman–Crippen MR) is 78.1 cm³/mol. The average molecular weight is 303 g/mol. The van der Waals surface area contributed by atoms with Crippen molar-refractivity contribution in [1.29, 1.82) is 0 Å². The molecule has 0 radical (unpaired) electrons. The van der Waals surface area contributed by atoms with Gasteiger partial charge in [-0.3, -0.25) is 4.79 Å². The minimum Gasteiger partial charge on any atom is -0.486 e. The maximum Gasteiger partial charge on any atom is 0.251 e. The summed E-state index contributed by atoms with van der Waals surface area (Å²) in [4.78, 5) is 12.1. The molecule has 2 N–H and O–H groups in total. The zero-order valence-electron chi connectivity index (χ0n) is 12.0. The largest absolute Gasteiger partial charge is 0.486 e. The molecule has 1 aromatic carbocycles. The van der Waals surface area contributed by atoms with E-state index in [4.69, 9.17) is 13.9 Å². The Kier molecular flexibility index (Phi) is 4.29. The number of hydrogen-bond donors (Lipinski definition) is 2. The first kappa shape index (κ1) is 14.5. The summed E-state index contributed by atoms with van der Waals surface area (Å²) in [5.74, 6) is 1.50. The second kappa shape index (κ2) is 6.53. The molecule has 6 nitrogen and oxygen atoms in total. The molecule has 1 aliphatic rings. The Morgan fingerprint density at radius 2 is 2.05 bits per heavy atom. The Hall–Kier alpha value is -2.47. The van der Waals surface area contributed by atoms with Crippen molar-refractivity contribution in [3.8, 4) is 11.5 Å². The molecule has 0 spiro atoms. The monoisotopic (exact) mass is 303 g/mol. The first-order valence-corrected chi connectivity index (χ1v) is 7.13. The van der Waals surface area contributed by atoms with Crippen molar-refractivity contribution in [3.05, 3.63) is 47.9 Å². The van der Waals surface area contributed by atoms with Gasteiger partial charge in [0.05, 0.1) is 6.26 Å². The third kappa shape index (κ3) is 3.23. The molecule has 116 valence electrons. The second-order valence-corrected chi connectivity index (χ2v) is 4.93. The summed E-state index contributed by atoms with van der Waals surface area (Å²) in [6, 6.07) is 8.49. The Labute approximate surface area is 127 Å². The number of carbonyl (C=O) groups excluding carboxylic acids is 1. The molecule has 2 heterocycles. The van der Waals surface area contributed by atoms with Crippen LogP contribution >= 0.6 is 0 Å². The lowest BCUT2D eigenvalue weighted by molar-refractivity contribution is 0.0935. The van der Waals surface area contributed by atoms with Crippen molar-refractivity contribution < 1.29 is 23.8 Å². The summed E-state index contributed by atoms with van der Waals surface area (Å²) >= 11 is 0. The Morgan fingerprint density at radius 1 is 1.23 bits per heavy atom. The molecule has 2 aromatic rings. The molecule has 1 unspecified atom stereocenters. The van der Waals surface area contributed by atoms with Gasteiger partial charge >= 0.3 is 0 Å². The van der Waals surface area contributed by atoms with Crippen molar-refractivity contribution in [2.75, 3.05) is 19.8 Å². The summed E-state index contributed by atoms with van der Waals surface area (Å²) in [5.41, 5.74) is 0.497. The summed E-state index contributed by atoms with van der Waals surface area (Å²) in [5, 5.41) is 12.6. The molecule has 0 saturated carbocycles. The highest BCUT2D eigenvalue weighted by molar-refractivity contribution is 5.94. The quantitative estimate of drug-likeness (QED) is 0.882. The fourth-order valence-corrected chi connectivity index (χ4v) is 2.23. The molecule has 1 aliphatic heterocycles. The number of carbonyl (C=O) groups is 1. The molecule has 1 aromatic heterocycles.